The molecular weight excluding hydrogens is 773 g/mol. The zero-order chi connectivity index (χ0) is 49.2. The second-order valence-electron chi connectivity index (χ2n) is 23.9. The smallest absolute Gasteiger partial charge is 0.161 e. The number of rotatable bonds is 0. The second kappa shape index (κ2) is 25.3. The van der Waals surface area contributed by atoms with Gasteiger partial charge in [-0.05, 0) is 163 Å². The van der Waals surface area contributed by atoms with E-state index in [0.717, 1.165) is 65.1 Å². The standard InChI is InChI=1S/C10H20.C10H18.C9H16.C8H14O.C8H12O.C7H14O.C7H12O/c2*1-7-6-8(2)10(4,5)9(7)3;1-6-5-7(2)9(4)8(6)3;2*1-5-4-6(2)8(9)7(5)3;2*1-5-4-6(2)8-7(5)3/h7-9H,6H2,1-5H3;6-7,9H,1-5H3;6,8H,5H2,1-4H3;5-7H,4H2,1-3H3;4-5,7H,1-3H3;5-7H,4H2,1-3H3;4-5,7H,1-3H3. The van der Waals surface area contributed by atoms with Gasteiger partial charge in [-0.15, -0.1) is 0 Å². The number of allylic oxidation sites excluding steroid dienone is 7. The molecule has 0 bridgehead atoms. The van der Waals surface area contributed by atoms with Gasteiger partial charge in [0.15, 0.2) is 5.78 Å². The van der Waals surface area contributed by atoms with Crippen LogP contribution in [-0.4, -0.2) is 29.9 Å². The Balaban J connectivity index is 0.000000368. The highest BCUT2D eigenvalue weighted by atomic mass is 16.5. The first-order valence-electron chi connectivity index (χ1n) is 25.8. The van der Waals surface area contributed by atoms with Gasteiger partial charge in [0.05, 0.1) is 18.0 Å². The van der Waals surface area contributed by atoms with Crippen LogP contribution in [-0.2, 0) is 19.1 Å². The zero-order valence-corrected chi connectivity index (χ0v) is 46.5. The number of hydrogen-bond donors (Lipinski definition) is 0. The molecule has 0 aromatic heterocycles. The molecule has 17 unspecified atom stereocenters. The van der Waals surface area contributed by atoms with Gasteiger partial charge in [0.25, 0.3) is 0 Å². The molecule has 7 rings (SSSR count). The van der Waals surface area contributed by atoms with Crippen LogP contribution in [0.5, 0.6) is 0 Å². The Bertz CT molecular complexity index is 1560. The molecule has 17 atom stereocenters. The minimum absolute atomic E-state index is 0.227. The van der Waals surface area contributed by atoms with E-state index in [4.69, 9.17) is 9.47 Å². The van der Waals surface area contributed by atoms with Crippen LogP contribution in [0.4, 0.5) is 0 Å². The van der Waals surface area contributed by atoms with Crippen molar-refractivity contribution in [2.24, 2.45) is 93.7 Å². The van der Waals surface area contributed by atoms with Crippen molar-refractivity contribution in [1.82, 2.24) is 0 Å². The van der Waals surface area contributed by atoms with Crippen LogP contribution in [0.1, 0.15) is 206 Å². The van der Waals surface area contributed by atoms with Crippen LogP contribution >= 0.6 is 0 Å². The molecular formula is C59H106O4. The van der Waals surface area contributed by atoms with Crippen LogP contribution in [0.15, 0.2) is 46.3 Å². The molecule has 4 nitrogen and oxygen atoms in total. The quantitative estimate of drug-likeness (QED) is 0.228. The van der Waals surface area contributed by atoms with E-state index in [0.29, 0.717) is 70.3 Å². The lowest BCUT2D eigenvalue weighted by Crippen LogP contribution is -2.22. The molecule has 2 saturated carbocycles. The van der Waals surface area contributed by atoms with Gasteiger partial charge >= 0.3 is 0 Å². The van der Waals surface area contributed by atoms with Gasteiger partial charge < -0.3 is 9.47 Å². The van der Waals surface area contributed by atoms with Crippen molar-refractivity contribution in [2.45, 2.75) is 224 Å². The molecule has 63 heavy (non-hydrogen) atoms. The Morgan fingerprint density at radius 2 is 1.10 bits per heavy atom. The predicted molar refractivity (Wildman–Crippen MR) is 275 cm³/mol. The van der Waals surface area contributed by atoms with Crippen LogP contribution in [0, 0.1) is 93.7 Å². The highest BCUT2D eigenvalue weighted by molar-refractivity contribution is 5.99. The third-order valence-electron chi connectivity index (χ3n) is 18.5. The molecule has 0 N–H and O–H groups in total. The maximum Gasteiger partial charge on any atom is 0.161 e. The van der Waals surface area contributed by atoms with E-state index in [9.17, 15) is 9.59 Å². The number of carbonyl (C=O) groups is 2. The first-order valence-corrected chi connectivity index (χ1v) is 25.8. The first kappa shape index (κ1) is 59.1. The summed E-state index contributed by atoms with van der Waals surface area (Å²) in [5.74, 6) is 11.3. The highest BCUT2D eigenvalue weighted by Crippen LogP contribution is 2.50. The molecule has 0 radical (unpaired) electrons. The summed E-state index contributed by atoms with van der Waals surface area (Å²) in [5.41, 5.74) is 6.78. The van der Waals surface area contributed by atoms with Crippen molar-refractivity contribution >= 4 is 11.6 Å². The Labute approximate surface area is 393 Å². The normalized spacial score (nSPS) is 40.4. The van der Waals surface area contributed by atoms with Gasteiger partial charge in [0, 0.05) is 23.7 Å². The molecule has 1 saturated heterocycles. The van der Waals surface area contributed by atoms with Crippen LogP contribution in [0.2, 0.25) is 0 Å². The summed E-state index contributed by atoms with van der Waals surface area (Å²) in [7, 11) is 0. The molecule has 4 heteroatoms. The van der Waals surface area contributed by atoms with E-state index in [1.54, 1.807) is 16.7 Å². The number of hydrogen-bond acceptors (Lipinski definition) is 4. The average molecular weight is 879 g/mol. The molecule has 5 aliphatic carbocycles. The van der Waals surface area contributed by atoms with E-state index in [-0.39, 0.29) is 5.92 Å². The fraction of sp³-hybridized carbons (Fsp3) is 0.831. The lowest BCUT2D eigenvalue weighted by Gasteiger charge is -2.29. The Hall–Kier alpha value is -1.94. The van der Waals surface area contributed by atoms with Crippen molar-refractivity contribution in [2.75, 3.05) is 0 Å². The average Bonchev–Trinajstić information content (AvgIpc) is 3.95. The van der Waals surface area contributed by atoms with E-state index >= 15 is 0 Å². The maximum atomic E-state index is 11.1. The topological polar surface area (TPSA) is 52.6 Å². The van der Waals surface area contributed by atoms with Gasteiger partial charge in [0.2, 0.25) is 0 Å². The van der Waals surface area contributed by atoms with Crippen molar-refractivity contribution in [3.8, 4) is 0 Å². The minimum Gasteiger partial charge on any atom is -0.495 e. The zero-order valence-electron chi connectivity index (χ0n) is 46.5. The molecule has 0 aromatic carbocycles. The van der Waals surface area contributed by atoms with Crippen molar-refractivity contribution in [3.63, 3.8) is 0 Å². The molecule has 2 heterocycles. The summed E-state index contributed by atoms with van der Waals surface area (Å²) < 4.78 is 10.8. The highest BCUT2D eigenvalue weighted by Gasteiger charge is 2.42. The maximum absolute atomic E-state index is 11.1. The summed E-state index contributed by atoms with van der Waals surface area (Å²) in [5, 5.41) is 0. The number of carbonyl (C=O) groups excluding carboxylic acids is 2. The summed E-state index contributed by atoms with van der Waals surface area (Å²) >= 11 is 0. The molecule has 366 valence electrons. The van der Waals surface area contributed by atoms with Crippen molar-refractivity contribution < 1.29 is 19.1 Å². The number of ketones is 2. The lowest BCUT2D eigenvalue weighted by atomic mass is 9.76. The Kier molecular flexibility index (Phi) is 23.7. The monoisotopic (exact) mass is 879 g/mol. The number of Topliss-reactive ketones (excluding diaryl/α,β-unsaturated/α-hetero) is 2. The summed E-state index contributed by atoms with van der Waals surface area (Å²) in [4.78, 5) is 22.2. The third kappa shape index (κ3) is 16.7. The largest absolute Gasteiger partial charge is 0.495 e. The molecule has 3 fully saturated rings. The van der Waals surface area contributed by atoms with Gasteiger partial charge in [-0.2, -0.15) is 0 Å². The first-order chi connectivity index (χ1) is 28.7. The van der Waals surface area contributed by atoms with Crippen LogP contribution < -0.4 is 0 Å². The van der Waals surface area contributed by atoms with Crippen LogP contribution in [0.25, 0.3) is 0 Å². The van der Waals surface area contributed by atoms with E-state index in [2.05, 4.69) is 158 Å². The molecule has 0 amide bonds. The lowest BCUT2D eigenvalue weighted by molar-refractivity contribution is -0.123. The van der Waals surface area contributed by atoms with Crippen LogP contribution in [0.3, 0.4) is 0 Å². The number of ether oxygens (including phenoxy) is 2. The summed E-state index contributed by atoms with van der Waals surface area (Å²) in [6.45, 7) is 57.7. The Morgan fingerprint density at radius 1 is 0.540 bits per heavy atom. The van der Waals surface area contributed by atoms with Gasteiger partial charge in [-0.25, -0.2) is 0 Å². The summed E-state index contributed by atoms with van der Waals surface area (Å²) in [6.07, 6.45) is 13.1. The predicted octanol–water partition coefficient (Wildman–Crippen LogP) is 17.0. The third-order valence-corrected chi connectivity index (χ3v) is 18.5. The molecule has 0 spiro atoms. The molecule has 7 aliphatic rings. The molecule has 0 aromatic rings. The van der Waals surface area contributed by atoms with Gasteiger partial charge in [-0.3, -0.25) is 9.59 Å². The fourth-order valence-electron chi connectivity index (χ4n) is 10.7. The van der Waals surface area contributed by atoms with E-state index in [1.807, 2.05) is 40.7 Å². The fourth-order valence-corrected chi connectivity index (χ4v) is 10.7. The molecule has 2 aliphatic heterocycles. The van der Waals surface area contributed by atoms with Gasteiger partial charge in [-0.1, -0.05) is 153 Å². The van der Waals surface area contributed by atoms with Gasteiger partial charge in [0.1, 0.15) is 11.9 Å². The van der Waals surface area contributed by atoms with Crippen molar-refractivity contribution in [3.05, 3.63) is 46.3 Å². The summed E-state index contributed by atoms with van der Waals surface area (Å²) in [6, 6.07) is 0. The second-order valence-corrected chi connectivity index (χ2v) is 23.9. The van der Waals surface area contributed by atoms with E-state index < -0.39 is 0 Å². The van der Waals surface area contributed by atoms with Crippen molar-refractivity contribution in [1.29, 1.82) is 0 Å². The SMILES string of the molecule is CC1=C(C)C(C)C(C)C1.CC1=CC(C)C(C)C1(C)C.CC1=CC(C)C(C)C1=O.CC1=CC(C)C(C)O1.CC1CC(C)C(C)(C)C1C.CC1CC(C)C(C)C1=O.CC1CC(C)C(C)O1. The van der Waals surface area contributed by atoms with E-state index in [1.165, 1.54) is 19.3 Å². The minimum atomic E-state index is 0.227. The Morgan fingerprint density at radius 3 is 1.21 bits per heavy atom.